The standard InChI is InChI=1S/C22H25N9O2/c23-20(32)31(18-2-1-7-24-14-18)17-5-3-15(4-6-17)19-27-21(26-16-12-25-13-16)29-22(28-19)30-8-10-33-11-9-30/h1-7,14,16,25H,8-13H2,(H2,23,32)(H,26,27,28,29). The van der Waals surface area contributed by atoms with E-state index in [9.17, 15) is 4.79 Å². The number of nitrogens with one attached hydrogen (secondary N) is 2. The molecule has 0 spiro atoms. The van der Waals surface area contributed by atoms with Crippen LogP contribution in [0.15, 0.2) is 48.8 Å². The number of aromatic nitrogens is 4. The van der Waals surface area contributed by atoms with Gasteiger partial charge in [0.15, 0.2) is 5.82 Å². The largest absolute Gasteiger partial charge is 0.378 e. The van der Waals surface area contributed by atoms with Crippen LogP contribution in [-0.4, -0.2) is 71.4 Å². The first-order chi connectivity index (χ1) is 16.2. The third-order valence-corrected chi connectivity index (χ3v) is 5.54. The molecule has 1 aromatic carbocycles. The van der Waals surface area contributed by atoms with Crippen LogP contribution >= 0.6 is 0 Å². The molecule has 0 radical (unpaired) electrons. The molecule has 0 saturated carbocycles. The molecule has 170 valence electrons. The van der Waals surface area contributed by atoms with Crippen LogP contribution in [0.25, 0.3) is 11.4 Å². The van der Waals surface area contributed by atoms with Crippen molar-refractivity contribution in [3.8, 4) is 11.4 Å². The highest BCUT2D eigenvalue weighted by atomic mass is 16.5. The number of nitrogens with zero attached hydrogens (tertiary/aromatic N) is 6. The summed E-state index contributed by atoms with van der Waals surface area (Å²) in [4.78, 5) is 33.7. The van der Waals surface area contributed by atoms with Gasteiger partial charge in [0.05, 0.1) is 36.8 Å². The van der Waals surface area contributed by atoms with Crippen molar-refractivity contribution in [2.24, 2.45) is 5.73 Å². The third-order valence-electron chi connectivity index (χ3n) is 5.54. The van der Waals surface area contributed by atoms with Gasteiger partial charge in [-0.25, -0.2) is 4.79 Å². The number of pyridine rings is 1. The minimum Gasteiger partial charge on any atom is -0.378 e. The summed E-state index contributed by atoms with van der Waals surface area (Å²) < 4.78 is 5.47. The van der Waals surface area contributed by atoms with Crippen molar-refractivity contribution in [1.82, 2.24) is 25.3 Å². The zero-order valence-electron chi connectivity index (χ0n) is 18.0. The molecule has 2 aromatic heterocycles. The fraction of sp³-hybridized carbons (Fsp3) is 0.318. The van der Waals surface area contributed by atoms with Crippen molar-refractivity contribution in [1.29, 1.82) is 0 Å². The van der Waals surface area contributed by atoms with Gasteiger partial charge in [-0.3, -0.25) is 9.88 Å². The first-order valence-electron chi connectivity index (χ1n) is 10.8. The Bertz CT molecular complexity index is 1100. The summed E-state index contributed by atoms with van der Waals surface area (Å²) in [7, 11) is 0. The molecule has 0 unspecified atom stereocenters. The van der Waals surface area contributed by atoms with Crippen molar-refractivity contribution in [2.75, 3.05) is 54.5 Å². The van der Waals surface area contributed by atoms with E-state index < -0.39 is 6.03 Å². The van der Waals surface area contributed by atoms with Gasteiger partial charge in [-0.2, -0.15) is 15.0 Å². The van der Waals surface area contributed by atoms with Crippen LogP contribution in [0, 0.1) is 0 Å². The number of rotatable bonds is 6. The van der Waals surface area contributed by atoms with Crippen LogP contribution in [0.3, 0.4) is 0 Å². The van der Waals surface area contributed by atoms with Crippen LogP contribution in [0.5, 0.6) is 0 Å². The molecule has 4 heterocycles. The Labute approximate surface area is 191 Å². The maximum atomic E-state index is 12.1. The summed E-state index contributed by atoms with van der Waals surface area (Å²) in [6, 6.07) is 10.6. The van der Waals surface area contributed by atoms with Gasteiger partial charge in [0, 0.05) is 37.9 Å². The lowest BCUT2D eigenvalue weighted by molar-refractivity contribution is 0.122. The molecule has 0 atom stereocenters. The van der Waals surface area contributed by atoms with E-state index in [-0.39, 0.29) is 0 Å². The van der Waals surface area contributed by atoms with E-state index in [0.29, 0.717) is 48.4 Å². The molecule has 2 aliphatic heterocycles. The lowest BCUT2D eigenvalue weighted by Crippen LogP contribution is -2.51. The maximum Gasteiger partial charge on any atom is 0.323 e. The molecular weight excluding hydrogens is 422 g/mol. The Balaban J connectivity index is 1.46. The number of hydrogen-bond donors (Lipinski definition) is 3. The molecule has 4 N–H and O–H groups in total. The van der Waals surface area contributed by atoms with Gasteiger partial charge in [0.1, 0.15) is 0 Å². The Morgan fingerprint density at radius 1 is 1.09 bits per heavy atom. The summed E-state index contributed by atoms with van der Waals surface area (Å²) in [5, 5.41) is 6.61. The minimum atomic E-state index is -0.592. The fourth-order valence-electron chi connectivity index (χ4n) is 3.69. The van der Waals surface area contributed by atoms with Gasteiger partial charge in [-0.05, 0) is 36.4 Å². The average Bonchev–Trinajstić information content (AvgIpc) is 2.83. The summed E-state index contributed by atoms with van der Waals surface area (Å²) in [5.41, 5.74) is 7.66. The Morgan fingerprint density at radius 3 is 2.52 bits per heavy atom. The second kappa shape index (κ2) is 9.35. The van der Waals surface area contributed by atoms with Gasteiger partial charge in [-0.1, -0.05) is 0 Å². The molecule has 0 bridgehead atoms. The average molecular weight is 448 g/mol. The number of primary amides is 1. The zero-order chi connectivity index (χ0) is 22.6. The number of amides is 2. The molecule has 2 aliphatic rings. The topological polar surface area (TPSA) is 134 Å². The van der Waals surface area contributed by atoms with E-state index in [1.54, 1.807) is 24.5 Å². The van der Waals surface area contributed by atoms with Crippen LogP contribution < -0.4 is 26.2 Å². The van der Waals surface area contributed by atoms with Gasteiger partial charge in [0.25, 0.3) is 0 Å². The lowest BCUT2D eigenvalue weighted by Gasteiger charge is -2.30. The summed E-state index contributed by atoms with van der Waals surface area (Å²) in [6.45, 7) is 4.49. The molecule has 2 saturated heterocycles. The molecule has 0 aliphatic carbocycles. The highest BCUT2D eigenvalue weighted by Crippen LogP contribution is 2.28. The van der Waals surface area contributed by atoms with E-state index >= 15 is 0 Å². The number of hydrogen-bond acceptors (Lipinski definition) is 9. The van der Waals surface area contributed by atoms with Crippen molar-refractivity contribution in [3.05, 3.63) is 48.8 Å². The van der Waals surface area contributed by atoms with Crippen LogP contribution in [0.2, 0.25) is 0 Å². The highest BCUT2D eigenvalue weighted by Gasteiger charge is 2.22. The predicted octanol–water partition coefficient (Wildman–Crippen LogP) is 1.37. The number of morpholine rings is 1. The van der Waals surface area contributed by atoms with Crippen LogP contribution in [-0.2, 0) is 4.74 Å². The number of urea groups is 1. The van der Waals surface area contributed by atoms with Crippen molar-refractivity contribution >= 4 is 29.3 Å². The van der Waals surface area contributed by atoms with Gasteiger partial charge < -0.3 is 26.0 Å². The minimum absolute atomic E-state index is 0.295. The van der Waals surface area contributed by atoms with E-state index in [4.69, 9.17) is 15.5 Å². The highest BCUT2D eigenvalue weighted by molar-refractivity contribution is 5.98. The SMILES string of the molecule is NC(=O)N(c1ccc(-c2nc(NC3CNC3)nc(N3CCOCC3)n2)cc1)c1cccnc1. The number of carbonyl (C=O) groups is 1. The molecule has 11 heteroatoms. The maximum absolute atomic E-state index is 12.1. The lowest BCUT2D eigenvalue weighted by atomic mass is 10.1. The molecule has 33 heavy (non-hydrogen) atoms. The van der Waals surface area contributed by atoms with Crippen molar-refractivity contribution in [3.63, 3.8) is 0 Å². The molecular formula is C22H25N9O2. The van der Waals surface area contributed by atoms with Crippen LogP contribution in [0.1, 0.15) is 0 Å². The third kappa shape index (κ3) is 4.69. The van der Waals surface area contributed by atoms with Crippen molar-refractivity contribution in [2.45, 2.75) is 6.04 Å². The second-order valence-corrected chi connectivity index (χ2v) is 7.81. The zero-order valence-corrected chi connectivity index (χ0v) is 18.0. The van der Waals surface area contributed by atoms with Gasteiger partial charge in [-0.15, -0.1) is 0 Å². The van der Waals surface area contributed by atoms with Crippen molar-refractivity contribution < 1.29 is 9.53 Å². The Hall–Kier alpha value is -3.83. The van der Waals surface area contributed by atoms with E-state index in [1.165, 1.54) is 4.90 Å². The summed E-state index contributed by atoms with van der Waals surface area (Å²) in [6.07, 6.45) is 3.23. The van der Waals surface area contributed by atoms with Gasteiger partial charge in [0.2, 0.25) is 11.9 Å². The monoisotopic (exact) mass is 447 g/mol. The predicted molar refractivity (Wildman–Crippen MR) is 125 cm³/mol. The smallest absolute Gasteiger partial charge is 0.323 e. The second-order valence-electron chi connectivity index (χ2n) is 7.81. The normalized spacial score (nSPS) is 16.2. The quantitative estimate of drug-likeness (QED) is 0.512. The van der Waals surface area contributed by atoms with E-state index in [0.717, 1.165) is 31.7 Å². The molecule has 2 fully saturated rings. The molecule has 11 nitrogen and oxygen atoms in total. The van der Waals surface area contributed by atoms with Gasteiger partial charge >= 0.3 is 6.03 Å². The Kier molecular flexibility index (Phi) is 5.96. The number of anilines is 4. The first kappa shape index (κ1) is 21.0. The number of ether oxygens (including phenoxy) is 1. The first-order valence-corrected chi connectivity index (χ1v) is 10.8. The molecule has 5 rings (SSSR count). The summed E-state index contributed by atoms with van der Waals surface area (Å²) in [5.74, 6) is 1.72. The Morgan fingerprint density at radius 2 is 1.88 bits per heavy atom. The summed E-state index contributed by atoms with van der Waals surface area (Å²) >= 11 is 0. The number of carbonyl (C=O) groups excluding carboxylic acids is 1. The van der Waals surface area contributed by atoms with E-state index in [2.05, 4.69) is 30.5 Å². The molecule has 2 amide bonds. The fourth-order valence-corrected chi connectivity index (χ4v) is 3.69. The number of nitrogens with two attached hydrogens (primary N) is 1. The molecule has 3 aromatic rings. The number of benzene rings is 1. The van der Waals surface area contributed by atoms with Crippen LogP contribution in [0.4, 0.5) is 28.1 Å². The van der Waals surface area contributed by atoms with E-state index in [1.807, 2.05) is 24.3 Å².